The molecule has 0 radical (unpaired) electrons. The van der Waals surface area contributed by atoms with E-state index in [1.165, 1.54) is 0 Å². The molecule has 4 nitrogen and oxygen atoms in total. The number of hydrogen-bond donors (Lipinski definition) is 3. The van der Waals surface area contributed by atoms with Gasteiger partial charge in [0.25, 0.3) is 0 Å². The first-order valence-electron chi connectivity index (χ1n) is 5.67. The summed E-state index contributed by atoms with van der Waals surface area (Å²) in [6.45, 7) is 0. The molecule has 0 saturated heterocycles. The lowest BCUT2D eigenvalue weighted by atomic mass is 10.1. The number of amides is 1. The van der Waals surface area contributed by atoms with Gasteiger partial charge in [0.1, 0.15) is 5.75 Å². The van der Waals surface area contributed by atoms with Crippen LogP contribution >= 0.6 is 15.9 Å². The van der Waals surface area contributed by atoms with Gasteiger partial charge in [-0.1, -0.05) is 12.1 Å². The molecule has 0 saturated carbocycles. The number of halogens is 1. The Labute approximate surface area is 119 Å². The minimum Gasteiger partial charge on any atom is -0.508 e. The van der Waals surface area contributed by atoms with E-state index in [2.05, 4.69) is 21.2 Å². The van der Waals surface area contributed by atoms with Gasteiger partial charge in [0.15, 0.2) is 0 Å². The maximum atomic E-state index is 11.9. The van der Waals surface area contributed by atoms with E-state index in [1.807, 2.05) is 0 Å². The van der Waals surface area contributed by atoms with Gasteiger partial charge in [-0.15, -0.1) is 0 Å². The van der Waals surface area contributed by atoms with Crippen LogP contribution in [-0.4, -0.2) is 11.0 Å². The number of aromatic hydroxyl groups is 1. The van der Waals surface area contributed by atoms with Crippen molar-refractivity contribution in [3.8, 4) is 5.75 Å². The molecular weight excluding hydrogens is 308 g/mol. The number of phenols is 1. The van der Waals surface area contributed by atoms with E-state index in [-0.39, 0.29) is 18.1 Å². The topological polar surface area (TPSA) is 75.3 Å². The van der Waals surface area contributed by atoms with Crippen molar-refractivity contribution in [2.45, 2.75) is 6.42 Å². The van der Waals surface area contributed by atoms with Crippen molar-refractivity contribution in [1.82, 2.24) is 0 Å². The van der Waals surface area contributed by atoms with Gasteiger partial charge in [0.05, 0.1) is 12.1 Å². The van der Waals surface area contributed by atoms with Crippen LogP contribution in [0.1, 0.15) is 5.56 Å². The highest BCUT2D eigenvalue weighted by Gasteiger charge is 2.07. The standard InChI is InChI=1S/C14H13BrN2O2/c15-12-5-4-10(16)8-13(12)17-14(19)7-9-2-1-3-11(18)6-9/h1-6,8,18H,7,16H2,(H,17,19). The largest absolute Gasteiger partial charge is 0.508 e. The third kappa shape index (κ3) is 3.72. The van der Waals surface area contributed by atoms with E-state index in [0.29, 0.717) is 11.4 Å². The van der Waals surface area contributed by atoms with E-state index in [9.17, 15) is 9.90 Å². The predicted molar refractivity (Wildman–Crippen MR) is 79.0 cm³/mol. The maximum absolute atomic E-state index is 11.9. The summed E-state index contributed by atoms with van der Waals surface area (Å²) in [6.07, 6.45) is 0.190. The Morgan fingerprint density at radius 1 is 1.26 bits per heavy atom. The molecule has 2 rings (SSSR count). The molecule has 0 atom stereocenters. The van der Waals surface area contributed by atoms with Crippen molar-refractivity contribution in [3.63, 3.8) is 0 Å². The van der Waals surface area contributed by atoms with Crippen LogP contribution < -0.4 is 11.1 Å². The minimum atomic E-state index is -0.170. The highest BCUT2D eigenvalue weighted by molar-refractivity contribution is 9.10. The van der Waals surface area contributed by atoms with Crippen LogP contribution in [0.15, 0.2) is 46.9 Å². The van der Waals surface area contributed by atoms with Crippen LogP contribution in [0.25, 0.3) is 0 Å². The molecule has 0 aliphatic carbocycles. The minimum absolute atomic E-state index is 0.149. The van der Waals surface area contributed by atoms with Crippen molar-refractivity contribution in [2.75, 3.05) is 11.1 Å². The van der Waals surface area contributed by atoms with Crippen molar-refractivity contribution >= 4 is 33.2 Å². The van der Waals surface area contributed by atoms with Crippen LogP contribution in [0.3, 0.4) is 0 Å². The number of carbonyl (C=O) groups excluding carboxylic acids is 1. The van der Waals surface area contributed by atoms with Gasteiger partial charge in [-0.3, -0.25) is 4.79 Å². The molecule has 2 aromatic rings. The second-order valence-corrected chi connectivity index (χ2v) is 4.99. The fraction of sp³-hybridized carbons (Fsp3) is 0.0714. The van der Waals surface area contributed by atoms with Crippen LogP contribution in [0.5, 0.6) is 5.75 Å². The lowest BCUT2D eigenvalue weighted by Gasteiger charge is -2.08. The number of carbonyl (C=O) groups is 1. The molecule has 0 bridgehead atoms. The molecule has 0 fully saturated rings. The second-order valence-electron chi connectivity index (χ2n) is 4.13. The summed E-state index contributed by atoms with van der Waals surface area (Å²) in [6, 6.07) is 11.8. The van der Waals surface area contributed by atoms with E-state index in [1.54, 1.807) is 42.5 Å². The Morgan fingerprint density at radius 3 is 2.79 bits per heavy atom. The fourth-order valence-corrected chi connectivity index (χ4v) is 2.03. The van der Waals surface area contributed by atoms with Gasteiger partial charge >= 0.3 is 0 Å². The number of phenolic OH excluding ortho intramolecular Hbond substituents is 1. The van der Waals surface area contributed by atoms with E-state index in [4.69, 9.17) is 5.73 Å². The zero-order valence-electron chi connectivity index (χ0n) is 10.1. The SMILES string of the molecule is Nc1ccc(Br)c(NC(=O)Cc2cccc(O)c2)c1. The van der Waals surface area contributed by atoms with Gasteiger partial charge in [0, 0.05) is 10.2 Å². The number of anilines is 2. The van der Waals surface area contributed by atoms with E-state index < -0.39 is 0 Å². The summed E-state index contributed by atoms with van der Waals surface area (Å²) in [5, 5.41) is 12.1. The monoisotopic (exact) mass is 320 g/mol. The summed E-state index contributed by atoms with van der Waals surface area (Å²) in [5.74, 6) is -0.0210. The Hall–Kier alpha value is -2.01. The van der Waals surface area contributed by atoms with Gasteiger partial charge in [-0.25, -0.2) is 0 Å². The summed E-state index contributed by atoms with van der Waals surface area (Å²) in [7, 11) is 0. The average molecular weight is 321 g/mol. The third-order valence-electron chi connectivity index (χ3n) is 2.54. The Morgan fingerprint density at radius 2 is 2.05 bits per heavy atom. The van der Waals surface area contributed by atoms with Crippen LogP contribution in [-0.2, 0) is 11.2 Å². The first kappa shape index (κ1) is 13.4. The first-order chi connectivity index (χ1) is 9.04. The summed E-state index contributed by atoms with van der Waals surface area (Å²) >= 11 is 3.35. The van der Waals surface area contributed by atoms with Crippen LogP contribution in [0.2, 0.25) is 0 Å². The molecule has 0 aliphatic heterocycles. The Balaban J connectivity index is 2.07. The normalized spacial score (nSPS) is 10.2. The summed E-state index contributed by atoms with van der Waals surface area (Å²) in [4.78, 5) is 11.9. The summed E-state index contributed by atoms with van der Waals surface area (Å²) < 4.78 is 0.769. The lowest BCUT2D eigenvalue weighted by molar-refractivity contribution is -0.115. The summed E-state index contributed by atoms with van der Waals surface area (Å²) in [5.41, 5.74) is 7.63. The van der Waals surface area contributed by atoms with Crippen LogP contribution in [0, 0.1) is 0 Å². The molecule has 2 aromatic carbocycles. The van der Waals surface area contributed by atoms with Gasteiger partial charge in [0.2, 0.25) is 5.91 Å². The fourth-order valence-electron chi connectivity index (χ4n) is 1.68. The van der Waals surface area contributed by atoms with Crippen molar-refractivity contribution in [2.24, 2.45) is 0 Å². The average Bonchev–Trinajstić information content (AvgIpc) is 2.34. The highest BCUT2D eigenvalue weighted by Crippen LogP contribution is 2.24. The predicted octanol–water partition coefficient (Wildman–Crippen LogP) is 2.92. The molecule has 0 aliphatic rings. The third-order valence-corrected chi connectivity index (χ3v) is 3.23. The van der Waals surface area contributed by atoms with Crippen molar-refractivity contribution in [1.29, 1.82) is 0 Å². The second kappa shape index (κ2) is 5.75. The molecular formula is C14H13BrN2O2. The highest BCUT2D eigenvalue weighted by atomic mass is 79.9. The van der Waals surface area contributed by atoms with Crippen LogP contribution in [0.4, 0.5) is 11.4 Å². The smallest absolute Gasteiger partial charge is 0.228 e. The number of rotatable bonds is 3. The number of nitrogens with two attached hydrogens (primary N) is 1. The molecule has 1 amide bonds. The molecule has 4 N–H and O–H groups in total. The molecule has 98 valence electrons. The zero-order chi connectivity index (χ0) is 13.8. The van der Waals surface area contributed by atoms with Gasteiger partial charge in [-0.05, 0) is 51.8 Å². The number of nitrogens with one attached hydrogen (secondary N) is 1. The van der Waals surface area contributed by atoms with E-state index in [0.717, 1.165) is 10.0 Å². The van der Waals surface area contributed by atoms with Crippen molar-refractivity contribution < 1.29 is 9.90 Å². The molecule has 19 heavy (non-hydrogen) atoms. The number of hydrogen-bond acceptors (Lipinski definition) is 3. The van der Waals surface area contributed by atoms with E-state index >= 15 is 0 Å². The lowest BCUT2D eigenvalue weighted by Crippen LogP contribution is -2.14. The Kier molecular flexibility index (Phi) is 4.06. The van der Waals surface area contributed by atoms with Crippen molar-refractivity contribution in [3.05, 3.63) is 52.5 Å². The zero-order valence-corrected chi connectivity index (χ0v) is 11.6. The molecule has 5 heteroatoms. The molecule has 0 heterocycles. The molecule has 0 aromatic heterocycles. The van der Waals surface area contributed by atoms with Gasteiger partial charge in [-0.2, -0.15) is 0 Å². The Bertz CT molecular complexity index is 614. The first-order valence-corrected chi connectivity index (χ1v) is 6.46. The number of benzene rings is 2. The molecule has 0 spiro atoms. The maximum Gasteiger partial charge on any atom is 0.228 e. The number of nitrogen functional groups attached to an aromatic ring is 1. The molecule has 0 unspecified atom stereocenters. The van der Waals surface area contributed by atoms with Gasteiger partial charge < -0.3 is 16.2 Å². The quantitative estimate of drug-likeness (QED) is 0.761.